The lowest BCUT2D eigenvalue weighted by molar-refractivity contribution is 0.0753. The van der Waals surface area contributed by atoms with Gasteiger partial charge in [-0.2, -0.15) is 0 Å². The maximum atomic E-state index is 12.2. The molecule has 2 aromatic carbocycles. The molecule has 1 N–H and O–H groups in total. The molecule has 1 aliphatic heterocycles. The number of amides is 1. The van der Waals surface area contributed by atoms with E-state index in [4.69, 9.17) is 16.4 Å². The maximum Gasteiger partial charge on any atom is 0.252 e. The maximum absolute atomic E-state index is 12.2. The standard InChI is InChI=1S/C17H14BrClN2O2/c18-14-7-3-1-5-12(14)17(22)20-10-11-9-16(21-23-11)13-6-2-4-8-15(13)19/h1-8,11H,9-10H2,(H,20,22). The summed E-state index contributed by atoms with van der Waals surface area (Å²) in [6, 6.07) is 14.8. The molecule has 4 nitrogen and oxygen atoms in total. The Morgan fingerprint density at radius 2 is 2.00 bits per heavy atom. The van der Waals surface area contributed by atoms with Crippen LogP contribution in [-0.2, 0) is 4.84 Å². The lowest BCUT2D eigenvalue weighted by Gasteiger charge is -2.10. The van der Waals surface area contributed by atoms with E-state index >= 15 is 0 Å². The van der Waals surface area contributed by atoms with Gasteiger partial charge in [-0.05, 0) is 34.1 Å². The molecule has 1 heterocycles. The molecule has 3 rings (SSSR count). The van der Waals surface area contributed by atoms with Crippen molar-refractivity contribution in [1.29, 1.82) is 0 Å². The molecule has 1 atom stereocenters. The van der Waals surface area contributed by atoms with Crippen LogP contribution >= 0.6 is 27.5 Å². The minimum Gasteiger partial charge on any atom is -0.390 e. The van der Waals surface area contributed by atoms with E-state index in [-0.39, 0.29) is 12.0 Å². The van der Waals surface area contributed by atoms with Crippen molar-refractivity contribution in [2.45, 2.75) is 12.5 Å². The number of oxime groups is 1. The quantitative estimate of drug-likeness (QED) is 0.853. The highest BCUT2D eigenvalue weighted by molar-refractivity contribution is 9.10. The second-order valence-corrected chi connectivity index (χ2v) is 6.40. The minimum atomic E-state index is -0.187. The SMILES string of the molecule is O=C(NCC1CC(c2ccccc2Cl)=NO1)c1ccccc1Br. The average Bonchev–Trinajstić information content (AvgIpc) is 3.02. The highest BCUT2D eigenvalue weighted by Gasteiger charge is 2.24. The Kier molecular flexibility index (Phi) is 4.98. The minimum absolute atomic E-state index is 0.146. The molecule has 0 saturated heterocycles. The van der Waals surface area contributed by atoms with Gasteiger partial charge in [-0.15, -0.1) is 0 Å². The fourth-order valence-corrected chi connectivity index (χ4v) is 3.05. The van der Waals surface area contributed by atoms with E-state index in [1.807, 2.05) is 42.5 Å². The van der Waals surface area contributed by atoms with E-state index in [1.165, 1.54) is 0 Å². The summed E-state index contributed by atoms with van der Waals surface area (Å²) in [7, 11) is 0. The Labute approximate surface area is 147 Å². The van der Waals surface area contributed by atoms with Gasteiger partial charge in [0.1, 0.15) is 6.10 Å². The Morgan fingerprint density at radius 3 is 2.78 bits per heavy atom. The van der Waals surface area contributed by atoms with Crippen LogP contribution in [0, 0.1) is 0 Å². The molecule has 0 aromatic heterocycles. The van der Waals surface area contributed by atoms with Crippen LogP contribution in [0.1, 0.15) is 22.3 Å². The monoisotopic (exact) mass is 392 g/mol. The second kappa shape index (κ2) is 7.15. The summed E-state index contributed by atoms with van der Waals surface area (Å²) < 4.78 is 0.762. The lowest BCUT2D eigenvalue weighted by atomic mass is 10.0. The van der Waals surface area contributed by atoms with Gasteiger partial charge in [0.15, 0.2) is 0 Å². The third-order valence-corrected chi connectivity index (χ3v) is 4.55. The molecule has 0 radical (unpaired) electrons. The highest BCUT2D eigenvalue weighted by Crippen LogP contribution is 2.22. The molecule has 1 aliphatic rings. The van der Waals surface area contributed by atoms with Crippen LogP contribution in [0.5, 0.6) is 0 Å². The van der Waals surface area contributed by atoms with Crippen molar-refractivity contribution in [3.63, 3.8) is 0 Å². The van der Waals surface area contributed by atoms with Gasteiger partial charge in [0.2, 0.25) is 0 Å². The summed E-state index contributed by atoms with van der Waals surface area (Å²) in [6.07, 6.45) is 0.424. The Balaban J connectivity index is 1.57. The van der Waals surface area contributed by atoms with E-state index < -0.39 is 0 Å². The van der Waals surface area contributed by atoms with Crippen LogP contribution in [0.25, 0.3) is 0 Å². The molecule has 23 heavy (non-hydrogen) atoms. The van der Waals surface area contributed by atoms with E-state index in [0.717, 1.165) is 15.7 Å². The van der Waals surface area contributed by atoms with Crippen LogP contribution < -0.4 is 5.32 Å². The fraction of sp³-hybridized carbons (Fsp3) is 0.176. The molecular formula is C17H14BrClN2O2. The van der Waals surface area contributed by atoms with Crippen molar-refractivity contribution in [3.8, 4) is 0 Å². The molecule has 1 unspecified atom stereocenters. The normalized spacial score (nSPS) is 16.6. The zero-order valence-corrected chi connectivity index (χ0v) is 14.5. The Morgan fingerprint density at radius 1 is 1.26 bits per heavy atom. The zero-order chi connectivity index (χ0) is 16.2. The van der Waals surface area contributed by atoms with Crippen molar-refractivity contribution in [1.82, 2.24) is 5.32 Å². The molecular weight excluding hydrogens is 380 g/mol. The molecule has 6 heteroatoms. The zero-order valence-electron chi connectivity index (χ0n) is 12.1. The van der Waals surface area contributed by atoms with Gasteiger partial charge < -0.3 is 10.2 Å². The largest absolute Gasteiger partial charge is 0.390 e. The third-order valence-electron chi connectivity index (χ3n) is 3.53. The van der Waals surface area contributed by atoms with E-state index in [9.17, 15) is 4.79 Å². The Hall–Kier alpha value is -1.85. The first-order valence-corrected chi connectivity index (χ1v) is 8.32. The van der Waals surface area contributed by atoms with Gasteiger partial charge >= 0.3 is 0 Å². The van der Waals surface area contributed by atoms with Crippen LogP contribution in [-0.4, -0.2) is 24.3 Å². The fourth-order valence-electron chi connectivity index (χ4n) is 2.34. The van der Waals surface area contributed by atoms with E-state index in [0.29, 0.717) is 23.6 Å². The number of nitrogens with zero attached hydrogens (tertiary/aromatic N) is 1. The molecule has 118 valence electrons. The van der Waals surface area contributed by atoms with Gasteiger partial charge in [0, 0.05) is 21.5 Å². The van der Waals surface area contributed by atoms with E-state index in [2.05, 4.69) is 26.4 Å². The number of rotatable bonds is 4. The number of carbonyl (C=O) groups excluding carboxylic acids is 1. The Bertz CT molecular complexity index is 764. The summed E-state index contributed by atoms with van der Waals surface area (Å²) >= 11 is 9.53. The first-order chi connectivity index (χ1) is 11.1. The third kappa shape index (κ3) is 3.74. The number of benzene rings is 2. The van der Waals surface area contributed by atoms with Crippen LogP contribution in [0.4, 0.5) is 0 Å². The summed E-state index contributed by atoms with van der Waals surface area (Å²) in [5.41, 5.74) is 2.27. The molecule has 0 aliphatic carbocycles. The molecule has 0 bridgehead atoms. The number of nitrogens with one attached hydrogen (secondary N) is 1. The van der Waals surface area contributed by atoms with Crippen molar-refractivity contribution in [3.05, 3.63) is 69.2 Å². The van der Waals surface area contributed by atoms with Gasteiger partial charge in [0.05, 0.1) is 17.8 Å². The number of halogens is 2. The number of hydrogen-bond donors (Lipinski definition) is 1. The highest BCUT2D eigenvalue weighted by atomic mass is 79.9. The van der Waals surface area contributed by atoms with Crippen molar-refractivity contribution in [2.75, 3.05) is 6.54 Å². The first kappa shape index (κ1) is 16.0. The number of hydrogen-bond acceptors (Lipinski definition) is 3. The molecule has 0 fully saturated rings. The van der Waals surface area contributed by atoms with Gasteiger partial charge in [-0.25, -0.2) is 0 Å². The van der Waals surface area contributed by atoms with Crippen LogP contribution in [0.2, 0.25) is 5.02 Å². The van der Waals surface area contributed by atoms with Crippen molar-refractivity contribution >= 4 is 39.1 Å². The van der Waals surface area contributed by atoms with Crippen LogP contribution in [0.3, 0.4) is 0 Å². The molecule has 2 aromatic rings. The van der Waals surface area contributed by atoms with E-state index in [1.54, 1.807) is 6.07 Å². The first-order valence-electron chi connectivity index (χ1n) is 7.15. The summed E-state index contributed by atoms with van der Waals surface area (Å²) in [4.78, 5) is 17.6. The predicted octanol–water partition coefficient (Wildman–Crippen LogP) is 4.03. The van der Waals surface area contributed by atoms with Gasteiger partial charge in [-0.1, -0.05) is 47.1 Å². The summed E-state index contributed by atoms with van der Waals surface area (Å²) in [5, 5.41) is 7.60. The second-order valence-electron chi connectivity index (χ2n) is 5.14. The van der Waals surface area contributed by atoms with Gasteiger partial charge in [-0.3, -0.25) is 4.79 Å². The predicted molar refractivity (Wildman–Crippen MR) is 94.0 cm³/mol. The lowest BCUT2D eigenvalue weighted by Crippen LogP contribution is -2.32. The average molecular weight is 394 g/mol. The molecule has 0 saturated carbocycles. The summed E-state index contributed by atoms with van der Waals surface area (Å²) in [6.45, 7) is 0.387. The summed E-state index contributed by atoms with van der Waals surface area (Å²) in [5.74, 6) is -0.146. The molecule has 1 amide bonds. The van der Waals surface area contributed by atoms with Crippen LogP contribution in [0.15, 0.2) is 58.2 Å². The topological polar surface area (TPSA) is 50.7 Å². The smallest absolute Gasteiger partial charge is 0.252 e. The number of carbonyl (C=O) groups is 1. The van der Waals surface area contributed by atoms with Crippen molar-refractivity contribution < 1.29 is 9.63 Å². The van der Waals surface area contributed by atoms with Gasteiger partial charge in [0.25, 0.3) is 5.91 Å². The molecule has 0 spiro atoms. The van der Waals surface area contributed by atoms with Crippen molar-refractivity contribution in [2.24, 2.45) is 5.16 Å².